The molecule has 1 aliphatic heterocycles. The molecular weight excluding hydrogens is 481 g/mol. The van der Waals surface area contributed by atoms with Gasteiger partial charge in [-0.05, 0) is 60.9 Å². The number of fused-ring (bicyclic) bond motifs is 1. The van der Waals surface area contributed by atoms with Gasteiger partial charge in [-0.1, -0.05) is 29.8 Å². The lowest BCUT2D eigenvalue weighted by molar-refractivity contribution is -0.137. The zero-order chi connectivity index (χ0) is 24.8. The summed E-state index contributed by atoms with van der Waals surface area (Å²) in [6.07, 6.45) is 4.20. The van der Waals surface area contributed by atoms with Gasteiger partial charge in [0.1, 0.15) is 29.5 Å². The van der Waals surface area contributed by atoms with Crippen molar-refractivity contribution in [2.45, 2.75) is 19.0 Å². The molecule has 2 aromatic carbocycles. The lowest BCUT2D eigenvalue weighted by atomic mass is 10.1. The standard InChI is InChI=1S/C25H22ClF3N4O2/c26-21-14-18(7-8-22(21)35-19-6-3-5-17(13-19)25(27,28)29)33-24-20-12-16(4-1-2-11-34)9-10-30-23(20)31-15-32-24/h1,3-8,12-15,34H,2,9-11H2,(H2,30,31,32,33). The summed E-state index contributed by atoms with van der Waals surface area (Å²) in [5, 5.41) is 15.7. The first kappa shape index (κ1) is 24.6. The average Bonchev–Trinajstić information content (AvgIpc) is 3.03. The number of aliphatic hydroxyl groups excluding tert-OH is 1. The van der Waals surface area contributed by atoms with Crippen molar-refractivity contribution in [2.24, 2.45) is 0 Å². The van der Waals surface area contributed by atoms with Crippen LogP contribution in [0.15, 0.2) is 66.5 Å². The average molecular weight is 503 g/mol. The van der Waals surface area contributed by atoms with E-state index in [9.17, 15) is 13.2 Å². The van der Waals surface area contributed by atoms with E-state index in [0.29, 0.717) is 30.3 Å². The topological polar surface area (TPSA) is 79.3 Å². The van der Waals surface area contributed by atoms with Crippen LogP contribution in [-0.2, 0) is 6.18 Å². The summed E-state index contributed by atoms with van der Waals surface area (Å²) in [6, 6.07) is 9.47. The Balaban J connectivity index is 1.56. The molecule has 1 aromatic heterocycles. The van der Waals surface area contributed by atoms with E-state index in [1.165, 1.54) is 18.5 Å². The number of hydrogen-bond donors (Lipinski definition) is 3. The molecule has 0 radical (unpaired) electrons. The fourth-order valence-electron chi connectivity index (χ4n) is 3.46. The Labute approximate surface area is 205 Å². The molecular formula is C25H22ClF3N4O2. The molecule has 0 saturated heterocycles. The number of hydrogen-bond acceptors (Lipinski definition) is 6. The molecule has 0 aliphatic carbocycles. The highest BCUT2D eigenvalue weighted by molar-refractivity contribution is 6.32. The first-order valence-electron chi connectivity index (χ1n) is 10.8. The zero-order valence-electron chi connectivity index (χ0n) is 18.4. The Bertz CT molecular complexity index is 1260. The Hall–Kier alpha value is -3.56. The van der Waals surface area contributed by atoms with Crippen molar-refractivity contribution in [3.05, 3.63) is 82.7 Å². The second kappa shape index (κ2) is 10.8. The molecule has 0 atom stereocenters. The van der Waals surface area contributed by atoms with Gasteiger partial charge in [-0.15, -0.1) is 0 Å². The maximum atomic E-state index is 13.0. The van der Waals surface area contributed by atoms with Crippen LogP contribution < -0.4 is 15.4 Å². The Morgan fingerprint density at radius 1 is 1.17 bits per heavy atom. The summed E-state index contributed by atoms with van der Waals surface area (Å²) < 4.78 is 44.5. The van der Waals surface area contributed by atoms with Crippen LogP contribution in [0, 0.1) is 0 Å². The minimum Gasteiger partial charge on any atom is -0.456 e. The van der Waals surface area contributed by atoms with Crippen LogP contribution in [0.25, 0.3) is 6.08 Å². The number of aromatic nitrogens is 2. The van der Waals surface area contributed by atoms with Crippen molar-refractivity contribution >= 4 is 35.0 Å². The van der Waals surface area contributed by atoms with E-state index >= 15 is 0 Å². The highest BCUT2D eigenvalue weighted by atomic mass is 35.5. The van der Waals surface area contributed by atoms with E-state index in [2.05, 4.69) is 20.6 Å². The van der Waals surface area contributed by atoms with Crippen LogP contribution in [0.2, 0.25) is 5.02 Å². The Kier molecular flexibility index (Phi) is 7.57. The number of rotatable bonds is 7. The first-order chi connectivity index (χ1) is 16.8. The number of ether oxygens (including phenoxy) is 1. The molecule has 0 saturated carbocycles. The van der Waals surface area contributed by atoms with Crippen LogP contribution in [0.5, 0.6) is 11.5 Å². The van der Waals surface area contributed by atoms with Gasteiger partial charge in [0.15, 0.2) is 0 Å². The number of benzene rings is 2. The largest absolute Gasteiger partial charge is 0.456 e. The molecule has 3 aromatic rings. The van der Waals surface area contributed by atoms with E-state index in [1.54, 1.807) is 18.2 Å². The molecule has 0 spiro atoms. The van der Waals surface area contributed by atoms with E-state index in [-0.39, 0.29) is 23.1 Å². The van der Waals surface area contributed by atoms with Crippen LogP contribution in [0.1, 0.15) is 24.0 Å². The third kappa shape index (κ3) is 6.32. The summed E-state index contributed by atoms with van der Waals surface area (Å²) >= 11 is 6.37. The molecule has 3 N–H and O–H groups in total. The van der Waals surface area contributed by atoms with Crippen molar-refractivity contribution in [1.82, 2.24) is 9.97 Å². The van der Waals surface area contributed by atoms with Gasteiger partial charge in [-0.2, -0.15) is 13.2 Å². The SMILES string of the molecule is OCCC=CC1=Cc2c(ncnc2Nc2ccc(Oc3cccc(C(F)(F)F)c3)c(Cl)c2)NCC1. The number of aliphatic hydroxyl groups is 1. The van der Waals surface area contributed by atoms with Gasteiger partial charge >= 0.3 is 6.18 Å². The summed E-state index contributed by atoms with van der Waals surface area (Å²) in [6.45, 7) is 0.787. The predicted octanol–water partition coefficient (Wildman–Crippen LogP) is 6.82. The number of anilines is 3. The van der Waals surface area contributed by atoms with Gasteiger partial charge in [0, 0.05) is 18.8 Å². The molecule has 0 fully saturated rings. The maximum Gasteiger partial charge on any atom is 0.416 e. The quantitative estimate of drug-likeness (QED) is 0.329. The van der Waals surface area contributed by atoms with Gasteiger partial charge in [-0.3, -0.25) is 0 Å². The zero-order valence-corrected chi connectivity index (χ0v) is 19.2. The van der Waals surface area contributed by atoms with Crippen molar-refractivity contribution in [1.29, 1.82) is 0 Å². The van der Waals surface area contributed by atoms with Crippen LogP contribution >= 0.6 is 11.6 Å². The number of halogens is 4. The fraction of sp³-hybridized carbons (Fsp3) is 0.200. The van der Waals surface area contributed by atoms with Crippen LogP contribution in [0.3, 0.4) is 0 Å². The molecule has 4 rings (SSSR count). The smallest absolute Gasteiger partial charge is 0.416 e. The van der Waals surface area contributed by atoms with E-state index in [4.69, 9.17) is 21.4 Å². The highest BCUT2D eigenvalue weighted by Crippen LogP contribution is 2.36. The number of allylic oxidation sites excluding steroid dienone is 1. The van der Waals surface area contributed by atoms with Crippen molar-refractivity contribution in [2.75, 3.05) is 23.8 Å². The molecule has 0 bridgehead atoms. The normalized spacial score (nSPS) is 13.6. The lowest BCUT2D eigenvalue weighted by Gasteiger charge is -2.14. The van der Waals surface area contributed by atoms with Gasteiger partial charge in [0.25, 0.3) is 0 Å². The second-order valence-corrected chi connectivity index (χ2v) is 8.10. The number of nitrogens with zero attached hydrogens (tertiary/aromatic N) is 2. The number of alkyl halides is 3. The maximum absolute atomic E-state index is 13.0. The lowest BCUT2D eigenvalue weighted by Crippen LogP contribution is -2.05. The minimum absolute atomic E-state index is 0.0292. The van der Waals surface area contributed by atoms with Gasteiger partial charge in [0.05, 0.1) is 16.1 Å². The number of nitrogens with one attached hydrogen (secondary N) is 2. The van der Waals surface area contributed by atoms with Crippen LogP contribution in [0.4, 0.5) is 30.5 Å². The first-order valence-corrected chi connectivity index (χ1v) is 11.2. The van der Waals surface area contributed by atoms with E-state index in [1.807, 2.05) is 18.2 Å². The van der Waals surface area contributed by atoms with E-state index < -0.39 is 11.7 Å². The molecule has 2 heterocycles. The summed E-state index contributed by atoms with van der Waals surface area (Å²) in [7, 11) is 0. The third-order valence-electron chi connectivity index (χ3n) is 5.13. The van der Waals surface area contributed by atoms with Crippen molar-refractivity contribution in [3.63, 3.8) is 0 Å². The second-order valence-electron chi connectivity index (χ2n) is 7.69. The van der Waals surface area contributed by atoms with Crippen molar-refractivity contribution < 1.29 is 23.0 Å². The third-order valence-corrected chi connectivity index (χ3v) is 5.43. The molecule has 0 unspecified atom stereocenters. The monoisotopic (exact) mass is 502 g/mol. The molecule has 182 valence electrons. The summed E-state index contributed by atoms with van der Waals surface area (Å²) in [4.78, 5) is 8.68. The fourth-order valence-corrected chi connectivity index (χ4v) is 3.68. The van der Waals surface area contributed by atoms with E-state index in [0.717, 1.165) is 29.7 Å². The molecule has 0 amide bonds. The molecule has 1 aliphatic rings. The minimum atomic E-state index is -4.47. The predicted molar refractivity (Wildman–Crippen MR) is 130 cm³/mol. The van der Waals surface area contributed by atoms with Crippen LogP contribution in [-0.4, -0.2) is 28.2 Å². The van der Waals surface area contributed by atoms with Gasteiger partial charge in [0.2, 0.25) is 0 Å². The molecule has 6 nitrogen and oxygen atoms in total. The molecule has 35 heavy (non-hydrogen) atoms. The molecule has 10 heteroatoms. The van der Waals surface area contributed by atoms with Gasteiger partial charge in [-0.25, -0.2) is 9.97 Å². The Morgan fingerprint density at radius 3 is 2.80 bits per heavy atom. The van der Waals surface area contributed by atoms with Crippen molar-refractivity contribution in [3.8, 4) is 11.5 Å². The highest BCUT2D eigenvalue weighted by Gasteiger charge is 2.30. The summed E-state index contributed by atoms with van der Waals surface area (Å²) in [5.41, 5.74) is 1.64. The van der Waals surface area contributed by atoms with Gasteiger partial charge < -0.3 is 20.5 Å². The summed E-state index contributed by atoms with van der Waals surface area (Å²) in [5.74, 6) is 1.49. The Morgan fingerprint density at radius 2 is 2.03 bits per heavy atom.